The van der Waals surface area contributed by atoms with Gasteiger partial charge in [0.2, 0.25) is 5.91 Å². The molecule has 10 heavy (non-hydrogen) atoms. The summed E-state index contributed by atoms with van der Waals surface area (Å²) < 4.78 is 5.19. The SMILES string of the molecule is CC1(OCC(N)=O)CNC1. The topological polar surface area (TPSA) is 64.3 Å². The van der Waals surface area contributed by atoms with Crippen molar-refractivity contribution in [3.05, 3.63) is 0 Å². The highest BCUT2D eigenvalue weighted by Gasteiger charge is 2.32. The van der Waals surface area contributed by atoms with E-state index in [1.807, 2.05) is 6.92 Å². The van der Waals surface area contributed by atoms with E-state index in [0.29, 0.717) is 0 Å². The summed E-state index contributed by atoms with van der Waals surface area (Å²) in [5, 5.41) is 3.05. The number of carbonyl (C=O) groups excluding carboxylic acids is 1. The lowest BCUT2D eigenvalue weighted by Crippen LogP contribution is -2.59. The van der Waals surface area contributed by atoms with Crippen molar-refractivity contribution in [3.8, 4) is 0 Å². The Balaban J connectivity index is 2.18. The van der Waals surface area contributed by atoms with Gasteiger partial charge in [0.05, 0.1) is 5.60 Å². The zero-order valence-electron chi connectivity index (χ0n) is 6.02. The molecule has 4 nitrogen and oxygen atoms in total. The van der Waals surface area contributed by atoms with Gasteiger partial charge in [-0.25, -0.2) is 0 Å². The molecule has 0 aliphatic carbocycles. The van der Waals surface area contributed by atoms with Crippen molar-refractivity contribution in [2.45, 2.75) is 12.5 Å². The Bertz CT molecular complexity index is 143. The van der Waals surface area contributed by atoms with E-state index in [-0.39, 0.29) is 12.2 Å². The Morgan fingerprint density at radius 2 is 2.40 bits per heavy atom. The van der Waals surface area contributed by atoms with E-state index in [4.69, 9.17) is 10.5 Å². The third-order valence-electron chi connectivity index (χ3n) is 1.56. The van der Waals surface area contributed by atoms with Crippen molar-refractivity contribution < 1.29 is 9.53 Å². The molecule has 1 aliphatic rings. The van der Waals surface area contributed by atoms with E-state index in [1.54, 1.807) is 0 Å². The van der Waals surface area contributed by atoms with Crippen LogP contribution in [-0.2, 0) is 9.53 Å². The van der Waals surface area contributed by atoms with Crippen LogP contribution in [0.5, 0.6) is 0 Å². The molecular formula is C6H12N2O2. The van der Waals surface area contributed by atoms with E-state index in [1.165, 1.54) is 0 Å². The molecule has 0 bridgehead atoms. The predicted octanol–water partition coefficient (Wildman–Crippen LogP) is -1.15. The van der Waals surface area contributed by atoms with Crippen LogP contribution in [0.4, 0.5) is 0 Å². The second kappa shape index (κ2) is 2.56. The van der Waals surface area contributed by atoms with Gasteiger partial charge in [0, 0.05) is 13.1 Å². The predicted molar refractivity (Wildman–Crippen MR) is 36.4 cm³/mol. The molecule has 0 unspecified atom stereocenters. The first-order valence-electron chi connectivity index (χ1n) is 3.25. The average Bonchev–Trinajstić information content (AvgIpc) is 1.79. The quantitative estimate of drug-likeness (QED) is 0.525. The number of carbonyl (C=O) groups is 1. The van der Waals surface area contributed by atoms with Crippen molar-refractivity contribution in [1.29, 1.82) is 0 Å². The molecular weight excluding hydrogens is 132 g/mol. The Kier molecular flexibility index (Phi) is 1.92. The van der Waals surface area contributed by atoms with Gasteiger partial charge in [0.25, 0.3) is 0 Å². The second-order valence-corrected chi connectivity index (χ2v) is 2.81. The highest BCUT2D eigenvalue weighted by Crippen LogP contribution is 2.14. The van der Waals surface area contributed by atoms with Crippen molar-refractivity contribution in [3.63, 3.8) is 0 Å². The van der Waals surface area contributed by atoms with Crippen LogP contribution in [0, 0.1) is 0 Å². The number of rotatable bonds is 3. The molecule has 1 amide bonds. The first-order chi connectivity index (χ1) is 4.62. The number of amides is 1. The largest absolute Gasteiger partial charge is 0.368 e. The van der Waals surface area contributed by atoms with Crippen LogP contribution in [0.15, 0.2) is 0 Å². The molecule has 0 spiro atoms. The zero-order valence-corrected chi connectivity index (χ0v) is 6.02. The smallest absolute Gasteiger partial charge is 0.243 e. The molecule has 1 aliphatic heterocycles. The van der Waals surface area contributed by atoms with Crippen LogP contribution in [0.2, 0.25) is 0 Å². The van der Waals surface area contributed by atoms with Gasteiger partial charge in [-0.15, -0.1) is 0 Å². The monoisotopic (exact) mass is 144 g/mol. The molecule has 0 atom stereocenters. The fraction of sp³-hybridized carbons (Fsp3) is 0.833. The lowest BCUT2D eigenvalue weighted by Gasteiger charge is -2.38. The molecule has 0 radical (unpaired) electrons. The number of nitrogens with two attached hydrogens (primary N) is 1. The molecule has 0 saturated carbocycles. The van der Waals surface area contributed by atoms with Crippen LogP contribution < -0.4 is 11.1 Å². The number of nitrogens with one attached hydrogen (secondary N) is 1. The number of hydrogen-bond donors (Lipinski definition) is 2. The van der Waals surface area contributed by atoms with Gasteiger partial charge in [-0.3, -0.25) is 4.79 Å². The van der Waals surface area contributed by atoms with E-state index in [2.05, 4.69) is 5.32 Å². The Morgan fingerprint density at radius 1 is 1.80 bits per heavy atom. The summed E-state index contributed by atoms with van der Waals surface area (Å²) in [6.07, 6.45) is 0. The Morgan fingerprint density at radius 3 is 2.70 bits per heavy atom. The minimum absolute atomic E-state index is 0.0260. The summed E-state index contributed by atoms with van der Waals surface area (Å²) in [5.41, 5.74) is 4.74. The average molecular weight is 144 g/mol. The molecule has 0 aromatic carbocycles. The molecule has 3 N–H and O–H groups in total. The first kappa shape index (κ1) is 7.50. The maximum atomic E-state index is 10.3. The second-order valence-electron chi connectivity index (χ2n) is 2.81. The Hall–Kier alpha value is -0.610. The summed E-state index contributed by atoms with van der Waals surface area (Å²) in [7, 11) is 0. The number of primary amides is 1. The molecule has 0 aromatic rings. The van der Waals surface area contributed by atoms with Gasteiger partial charge in [0.1, 0.15) is 6.61 Å². The van der Waals surface area contributed by atoms with Gasteiger partial charge in [-0.2, -0.15) is 0 Å². The van der Waals surface area contributed by atoms with Crippen LogP contribution in [0.25, 0.3) is 0 Å². The van der Waals surface area contributed by atoms with Crippen molar-refractivity contribution in [1.82, 2.24) is 5.32 Å². The van der Waals surface area contributed by atoms with E-state index < -0.39 is 5.91 Å². The van der Waals surface area contributed by atoms with E-state index >= 15 is 0 Å². The molecule has 1 heterocycles. The van der Waals surface area contributed by atoms with Crippen molar-refractivity contribution >= 4 is 5.91 Å². The molecule has 58 valence electrons. The molecule has 1 rings (SSSR count). The summed E-state index contributed by atoms with van der Waals surface area (Å²) in [4.78, 5) is 10.3. The normalized spacial score (nSPS) is 21.7. The molecule has 4 heteroatoms. The maximum Gasteiger partial charge on any atom is 0.243 e. The molecule has 1 fully saturated rings. The van der Waals surface area contributed by atoms with Crippen LogP contribution in [0.1, 0.15) is 6.92 Å². The molecule has 0 aromatic heterocycles. The van der Waals surface area contributed by atoms with Crippen LogP contribution in [-0.4, -0.2) is 31.2 Å². The highest BCUT2D eigenvalue weighted by atomic mass is 16.5. The van der Waals surface area contributed by atoms with Gasteiger partial charge < -0.3 is 15.8 Å². The van der Waals surface area contributed by atoms with E-state index in [9.17, 15) is 4.79 Å². The summed E-state index contributed by atoms with van der Waals surface area (Å²) in [6, 6.07) is 0. The first-order valence-corrected chi connectivity index (χ1v) is 3.25. The lowest BCUT2D eigenvalue weighted by atomic mass is 10.0. The third-order valence-corrected chi connectivity index (χ3v) is 1.56. The standard InChI is InChI=1S/C6H12N2O2/c1-6(3-8-4-6)10-2-5(7)9/h8H,2-4H2,1H3,(H2,7,9). The zero-order chi connectivity index (χ0) is 7.61. The summed E-state index contributed by atoms with van der Waals surface area (Å²) >= 11 is 0. The minimum atomic E-state index is -0.409. The summed E-state index contributed by atoms with van der Waals surface area (Å²) in [6.45, 7) is 3.59. The maximum absolute atomic E-state index is 10.3. The third kappa shape index (κ3) is 1.68. The lowest BCUT2D eigenvalue weighted by molar-refractivity contribution is -0.132. The van der Waals surface area contributed by atoms with Gasteiger partial charge >= 0.3 is 0 Å². The highest BCUT2D eigenvalue weighted by molar-refractivity contribution is 5.75. The number of ether oxygens (including phenoxy) is 1. The fourth-order valence-electron chi connectivity index (χ4n) is 0.824. The number of hydrogen-bond acceptors (Lipinski definition) is 3. The van der Waals surface area contributed by atoms with Gasteiger partial charge in [0.15, 0.2) is 0 Å². The summed E-state index contributed by atoms with van der Waals surface area (Å²) in [5.74, 6) is -0.409. The van der Waals surface area contributed by atoms with Gasteiger partial charge in [-0.1, -0.05) is 0 Å². The minimum Gasteiger partial charge on any atom is -0.368 e. The molecule has 1 saturated heterocycles. The van der Waals surface area contributed by atoms with E-state index in [0.717, 1.165) is 13.1 Å². The van der Waals surface area contributed by atoms with Crippen LogP contribution >= 0.6 is 0 Å². The Labute approximate surface area is 59.7 Å². The fourth-order valence-corrected chi connectivity index (χ4v) is 0.824. The van der Waals surface area contributed by atoms with Crippen molar-refractivity contribution in [2.75, 3.05) is 19.7 Å². The van der Waals surface area contributed by atoms with Crippen LogP contribution in [0.3, 0.4) is 0 Å². The van der Waals surface area contributed by atoms with Gasteiger partial charge in [-0.05, 0) is 6.92 Å². The van der Waals surface area contributed by atoms with Crippen molar-refractivity contribution in [2.24, 2.45) is 5.73 Å².